The Kier molecular flexibility index (Phi) is 23.6. The van der Waals surface area contributed by atoms with Gasteiger partial charge in [-0.25, -0.2) is 0 Å². The Morgan fingerprint density at radius 2 is 0.558 bits per heavy atom. The fraction of sp³-hybridized carbons (Fsp3) is 0.667. The van der Waals surface area contributed by atoms with E-state index < -0.39 is 0 Å². The van der Waals surface area contributed by atoms with Crippen molar-refractivity contribution in [1.29, 1.82) is 0 Å². The Morgan fingerprint density at radius 3 is 0.846 bits per heavy atom. The summed E-state index contributed by atoms with van der Waals surface area (Å²) in [4.78, 5) is 8.56. The molecule has 0 amide bonds. The molecule has 4 rings (SSSR count). The van der Waals surface area contributed by atoms with Crippen LogP contribution in [0.3, 0.4) is 0 Å². The average molecular weight is 779 g/mol. The summed E-state index contributed by atoms with van der Waals surface area (Å²) in [6.07, 6.45) is 42.5. The van der Waals surface area contributed by atoms with Gasteiger partial charge in [0.05, 0.1) is 0 Å². The predicted octanol–water partition coefficient (Wildman–Crippen LogP) is 19.0. The summed E-state index contributed by atoms with van der Waals surface area (Å²) in [5.74, 6) is 0. The highest BCUT2D eigenvalue weighted by Gasteiger charge is 2.12. The summed E-state index contributed by atoms with van der Waals surface area (Å²) in [6.45, 7) is 4.61. The van der Waals surface area contributed by atoms with Crippen molar-refractivity contribution in [2.24, 2.45) is 0 Å². The number of rotatable bonds is 33. The fourth-order valence-corrected chi connectivity index (χ4v) is 11.7. The molecule has 0 atom stereocenters. The molecule has 4 aromatic rings. The molecule has 0 aliphatic rings. The minimum absolute atomic E-state index is 1.24. The standard InChI is InChI=1S/C48H74S4/c1-3-5-7-9-11-13-15-17-19-21-23-25-27-29-31-41-37-47(49-39-41)45-35-33-43(51-45)44-34-36-46(52-44)48-38-42(40-50-48)32-30-28-26-24-22-20-18-16-14-12-10-8-6-4-2/h33-40H,3-32H2,1-2H3. The van der Waals surface area contributed by atoms with E-state index >= 15 is 0 Å². The smallest absolute Gasteiger partial charge is 0.0449 e. The van der Waals surface area contributed by atoms with Gasteiger partial charge >= 0.3 is 0 Å². The highest BCUT2D eigenvalue weighted by molar-refractivity contribution is 7.28. The fourth-order valence-electron chi connectivity index (χ4n) is 7.52. The Balaban J connectivity index is 1.04. The highest BCUT2D eigenvalue weighted by Crippen LogP contribution is 2.43. The summed E-state index contributed by atoms with van der Waals surface area (Å²) in [5.41, 5.74) is 3.07. The van der Waals surface area contributed by atoms with Crippen LogP contribution in [0, 0.1) is 0 Å². The molecule has 52 heavy (non-hydrogen) atoms. The summed E-state index contributed by atoms with van der Waals surface area (Å²) < 4.78 is 0. The number of hydrogen-bond acceptors (Lipinski definition) is 4. The van der Waals surface area contributed by atoms with E-state index in [-0.39, 0.29) is 0 Å². The first-order valence-corrected chi connectivity index (χ1v) is 25.5. The minimum atomic E-state index is 1.24. The van der Waals surface area contributed by atoms with E-state index in [1.165, 1.54) is 233 Å². The first kappa shape index (κ1) is 43.5. The molecule has 0 nitrogen and oxygen atoms in total. The van der Waals surface area contributed by atoms with Crippen molar-refractivity contribution in [1.82, 2.24) is 0 Å². The lowest BCUT2D eigenvalue weighted by atomic mass is 10.0. The lowest BCUT2D eigenvalue weighted by molar-refractivity contribution is 0.535. The molecule has 0 unspecified atom stereocenters. The van der Waals surface area contributed by atoms with Gasteiger partial charge in [-0.3, -0.25) is 0 Å². The maximum atomic E-state index is 2.47. The second-order valence-electron chi connectivity index (χ2n) is 15.7. The minimum Gasteiger partial charge on any atom is -0.143 e. The molecular formula is C48H74S4. The van der Waals surface area contributed by atoms with Gasteiger partial charge in [-0.1, -0.05) is 181 Å². The molecule has 0 aliphatic carbocycles. The van der Waals surface area contributed by atoms with Crippen LogP contribution in [-0.4, -0.2) is 0 Å². The van der Waals surface area contributed by atoms with Crippen LogP contribution in [-0.2, 0) is 12.8 Å². The number of thiophene rings is 4. The molecule has 0 fully saturated rings. The maximum Gasteiger partial charge on any atom is 0.0449 e. The van der Waals surface area contributed by atoms with Gasteiger partial charge in [0, 0.05) is 29.3 Å². The van der Waals surface area contributed by atoms with Crippen LogP contribution in [0.1, 0.15) is 205 Å². The Morgan fingerprint density at radius 1 is 0.308 bits per heavy atom. The number of aryl methyl sites for hydroxylation is 2. The Bertz CT molecular complexity index is 1290. The molecule has 0 N–H and O–H groups in total. The van der Waals surface area contributed by atoms with Crippen LogP contribution in [0.4, 0.5) is 0 Å². The van der Waals surface area contributed by atoms with Crippen molar-refractivity contribution in [3.05, 3.63) is 58.3 Å². The van der Waals surface area contributed by atoms with E-state index in [1.54, 1.807) is 0 Å². The van der Waals surface area contributed by atoms with Gasteiger partial charge in [0.2, 0.25) is 0 Å². The van der Waals surface area contributed by atoms with Gasteiger partial charge in [0.25, 0.3) is 0 Å². The van der Waals surface area contributed by atoms with Crippen LogP contribution >= 0.6 is 45.3 Å². The van der Waals surface area contributed by atoms with Crippen LogP contribution in [0.2, 0.25) is 0 Å². The van der Waals surface area contributed by atoms with Crippen molar-refractivity contribution < 1.29 is 0 Å². The molecule has 4 heterocycles. The second-order valence-corrected chi connectivity index (χ2v) is 19.6. The molecule has 0 aromatic carbocycles. The quantitative estimate of drug-likeness (QED) is 0.0423. The zero-order valence-corrected chi connectivity index (χ0v) is 36.7. The molecule has 0 bridgehead atoms. The van der Waals surface area contributed by atoms with Crippen molar-refractivity contribution in [3.8, 4) is 29.3 Å². The van der Waals surface area contributed by atoms with E-state index in [1.807, 2.05) is 45.3 Å². The largest absolute Gasteiger partial charge is 0.143 e. The van der Waals surface area contributed by atoms with Gasteiger partial charge in [0.15, 0.2) is 0 Å². The topological polar surface area (TPSA) is 0 Å². The maximum absolute atomic E-state index is 2.47. The molecule has 290 valence electrons. The number of unbranched alkanes of at least 4 members (excludes halogenated alkanes) is 26. The molecule has 0 radical (unpaired) electrons. The van der Waals surface area contributed by atoms with E-state index in [2.05, 4.69) is 61.0 Å². The van der Waals surface area contributed by atoms with Gasteiger partial charge in [0.1, 0.15) is 0 Å². The summed E-state index contributed by atoms with van der Waals surface area (Å²) in [6, 6.07) is 14.3. The van der Waals surface area contributed by atoms with Crippen LogP contribution in [0.25, 0.3) is 29.3 Å². The second kappa shape index (κ2) is 28.2. The SMILES string of the molecule is CCCCCCCCCCCCCCCCc1csc(-c2ccc(-c3ccc(-c4cc(CCCCCCCCCCCCCCCC)cs4)s3)s2)c1. The summed E-state index contributed by atoms with van der Waals surface area (Å²) >= 11 is 7.80. The summed E-state index contributed by atoms with van der Waals surface area (Å²) in [5, 5.41) is 4.82. The Hall–Kier alpha value is -1.20. The van der Waals surface area contributed by atoms with Crippen molar-refractivity contribution in [2.75, 3.05) is 0 Å². The van der Waals surface area contributed by atoms with E-state index in [0.29, 0.717) is 0 Å². The highest BCUT2D eigenvalue weighted by atomic mass is 32.1. The lowest BCUT2D eigenvalue weighted by Crippen LogP contribution is -1.85. The summed E-state index contributed by atoms with van der Waals surface area (Å²) in [7, 11) is 0. The molecule has 4 heteroatoms. The van der Waals surface area contributed by atoms with Gasteiger partial charge < -0.3 is 0 Å². The number of hydrogen-bond donors (Lipinski definition) is 0. The Labute approximate surface area is 337 Å². The molecule has 0 saturated heterocycles. The van der Waals surface area contributed by atoms with Gasteiger partial charge in [-0.2, -0.15) is 0 Å². The van der Waals surface area contributed by atoms with Crippen molar-refractivity contribution in [2.45, 2.75) is 206 Å². The third-order valence-corrected chi connectivity index (χ3v) is 15.6. The van der Waals surface area contributed by atoms with E-state index in [9.17, 15) is 0 Å². The monoisotopic (exact) mass is 778 g/mol. The van der Waals surface area contributed by atoms with Gasteiger partial charge in [-0.15, -0.1) is 45.3 Å². The van der Waals surface area contributed by atoms with Crippen LogP contribution in [0.5, 0.6) is 0 Å². The molecule has 4 aromatic heterocycles. The predicted molar refractivity (Wildman–Crippen MR) is 242 cm³/mol. The van der Waals surface area contributed by atoms with Gasteiger partial charge in [-0.05, 0) is 84.0 Å². The van der Waals surface area contributed by atoms with E-state index in [4.69, 9.17) is 0 Å². The average Bonchev–Trinajstić information content (AvgIpc) is 3.99. The van der Waals surface area contributed by atoms with Crippen molar-refractivity contribution >= 4 is 45.3 Å². The first-order valence-electron chi connectivity index (χ1n) is 22.1. The van der Waals surface area contributed by atoms with Crippen LogP contribution < -0.4 is 0 Å². The molecule has 0 spiro atoms. The first-order chi connectivity index (χ1) is 25.8. The van der Waals surface area contributed by atoms with E-state index in [0.717, 1.165) is 0 Å². The molecule has 0 aliphatic heterocycles. The normalized spacial score (nSPS) is 11.7. The lowest BCUT2D eigenvalue weighted by Gasteiger charge is -2.03. The van der Waals surface area contributed by atoms with Crippen LogP contribution in [0.15, 0.2) is 47.2 Å². The zero-order chi connectivity index (χ0) is 36.3. The molecule has 0 saturated carbocycles. The van der Waals surface area contributed by atoms with Crippen molar-refractivity contribution in [3.63, 3.8) is 0 Å². The third-order valence-electron chi connectivity index (χ3n) is 10.9. The third kappa shape index (κ3) is 18.0. The zero-order valence-electron chi connectivity index (χ0n) is 33.5. The molecular weight excluding hydrogens is 705 g/mol.